The topological polar surface area (TPSA) is 69.2 Å². The summed E-state index contributed by atoms with van der Waals surface area (Å²) in [6, 6.07) is 9.81. The molecule has 0 unspecified atom stereocenters. The van der Waals surface area contributed by atoms with Gasteiger partial charge in [0.25, 0.3) is 0 Å². The van der Waals surface area contributed by atoms with E-state index in [9.17, 15) is 0 Å². The van der Waals surface area contributed by atoms with Crippen LogP contribution in [-0.2, 0) is 13.0 Å². The van der Waals surface area contributed by atoms with Crippen molar-refractivity contribution in [3.05, 3.63) is 70.9 Å². The van der Waals surface area contributed by atoms with Crippen molar-refractivity contribution < 1.29 is 9.47 Å². The second-order valence-corrected chi connectivity index (χ2v) is 6.30. The van der Waals surface area contributed by atoms with E-state index >= 15 is 0 Å². The van der Waals surface area contributed by atoms with Gasteiger partial charge in [0.1, 0.15) is 23.1 Å². The van der Waals surface area contributed by atoms with Crippen LogP contribution in [0, 0.1) is 13.8 Å². The minimum atomic E-state index is 0.652. The number of nitrogens with zero attached hydrogens (tertiary/aromatic N) is 3. The summed E-state index contributed by atoms with van der Waals surface area (Å²) in [6.07, 6.45) is 4.32. The summed E-state index contributed by atoms with van der Waals surface area (Å²) in [5, 5.41) is 3.39. The summed E-state index contributed by atoms with van der Waals surface area (Å²) < 4.78 is 10.8. The van der Waals surface area contributed by atoms with Gasteiger partial charge in [-0.15, -0.1) is 0 Å². The number of hydrogen-bond donors (Lipinski definition) is 1. The normalized spacial score (nSPS) is 10.5. The molecule has 0 saturated heterocycles. The molecular weight excluding hydrogens is 340 g/mol. The maximum Gasteiger partial charge on any atom is 0.130 e. The number of anilines is 1. The minimum absolute atomic E-state index is 0.652. The van der Waals surface area contributed by atoms with E-state index < -0.39 is 0 Å². The van der Waals surface area contributed by atoms with Crippen molar-refractivity contribution >= 4 is 5.82 Å². The molecule has 0 fully saturated rings. The zero-order valence-corrected chi connectivity index (χ0v) is 16.1. The Hall–Kier alpha value is -3.15. The number of pyridine rings is 1. The van der Waals surface area contributed by atoms with Crippen LogP contribution in [0.2, 0.25) is 0 Å². The fourth-order valence-corrected chi connectivity index (χ4v) is 2.89. The molecule has 2 aromatic heterocycles. The van der Waals surface area contributed by atoms with Crippen molar-refractivity contribution in [1.29, 1.82) is 0 Å². The average molecular weight is 364 g/mol. The van der Waals surface area contributed by atoms with E-state index in [1.165, 1.54) is 5.56 Å². The van der Waals surface area contributed by atoms with Gasteiger partial charge in [0.15, 0.2) is 0 Å². The van der Waals surface area contributed by atoms with Gasteiger partial charge >= 0.3 is 0 Å². The van der Waals surface area contributed by atoms with Crippen LogP contribution in [0.5, 0.6) is 11.5 Å². The standard InChI is InChI=1S/C21H24N4O2/c1-14-12-22-8-7-17(14)13-23-21-10-18(24-15(2)25-21)9-16-5-6-19(26-3)11-20(16)27-4/h5-8,10-12H,9,13H2,1-4H3,(H,23,24,25). The number of aryl methyl sites for hydroxylation is 2. The van der Waals surface area contributed by atoms with Gasteiger partial charge in [-0.2, -0.15) is 0 Å². The molecule has 0 atom stereocenters. The zero-order valence-electron chi connectivity index (χ0n) is 16.1. The van der Waals surface area contributed by atoms with E-state index in [1.54, 1.807) is 20.4 Å². The Morgan fingerprint density at radius 3 is 2.56 bits per heavy atom. The predicted octanol–water partition coefficient (Wildman–Crippen LogP) is 3.71. The van der Waals surface area contributed by atoms with Crippen molar-refractivity contribution in [1.82, 2.24) is 15.0 Å². The first-order valence-corrected chi connectivity index (χ1v) is 8.78. The molecule has 0 aliphatic heterocycles. The second-order valence-electron chi connectivity index (χ2n) is 6.30. The number of ether oxygens (including phenoxy) is 2. The largest absolute Gasteiger partial charge is 0.497 e. The Bertz CT molecular complexity index is 928. The van der Waals surface area contributed by atoms with Crippen LogP contribution in [0.4, 0.5) is 5.82 Å². The molecule has 0 bridgehead atoms. The monoisotopic (exact) mass is 364 g/mol. The van der Waals surface area contributed by atoms with E-state index in [2.05, 4.69) is 27.2 Å². The lowest BCUT2D eigenvalue weighted by Gasteiger charge is -2.12. The van der Waals surface area contributed by atoms with Crippen LogP contribution in [0.1, 0.15) is 28.2 Å². The molecule has 0 aliphatic carbocycles. The first kappa shape index (κ1) is 18.6. The molecule has 6 nitrogen and oxygen atoms in total. The van der Waals surface area contributed by atoms with Gasteiger partial charge in [-0.1, -0.05) is 6.07 Å². The maximum absolute atomic E-state index is 5.49. The Morgan fingerprint density at radius 1 is 0.963 bits per heavy atom. The highest BCUT2D eigenvalue weighted by Crippen LogP contribution is 2.26. The summed E-state index contributed by atoms with van der Waals surface area (Å²) in [7, 11) is 3.30. The highest BCUT2D eigenvalue weighted by atomic mass is 16.5. The van der Waals surface area contributed by atoms with Crippen molar-refractivity contribution in [3.63, 3.8) is 0 Å². The fraction of sp³-hybridized carbons (Fsp3) is 0.286. The third-order valence-corrected chi connectivity index (χ3v) is 4.35. The minimum Gasteiger partial charge on any atom is -0.497 e. The molecule has 27 heavy (non-hydrogen) atoms. The van der Waals surface area contributed by atoms with Gasteiger partial charge in [-0.3, -0.25) is 4.98 Å². The number of nitrogens with one attached hydrogen (secondary N) is 1. The highest BCUT2D eigenvalue weighted by Gasteiger charge is 2.09. The molecule has 3 rings (SSSR count). The van der Waals surface area contributed by atoms with E-state index in [0.29, 0.717) is 13.0 Å². The number of methoxy groups -OCH3 is 2. The molecule has 0 saturated carbocycles. The molecule has 2 heterocycles. The van der Waals surface area contributed by atoms with E-state index in [0.717, 1.165) is 40.0 Å². The Kier molecular flexibility index (Phi) is 5.86. The molecule has 0 aliphatic rings. The van der Waals surface area contributed by atoms with Crippen LogP contribution < -0.4 is 14.8 Å². The molecule has 140 valence electrons. The van der Waals surface area contributed by atoms with Crippen LogP contribution in [0.3, 0.4) is 0 Å². The fourth-order valence-electron chi connectivity index (χ4n) is 2.89. The summed E-state index contributed by atoms with van der Waals surface area (Å²) >= 11 is 0. The second kappa shape index (κ2) is 8.49. The first-order valence-electron chi connectivity index (χ1n) is 8.78. The summed E-state index contributed by atoms with van der Waals surface area (Å²) in [5.41, 5.74) is 4.32. The van der Waals surface area contributed by atoms with Crippen molar-refractivity contribution in [2.75, 3.05) is 19.5 Å². The third-order valence-electron chi connectivity index (χ3n) is 4.35. The Morgan fingerprint density at radius 2 is 1.81 bits per heavy atom. The molecule has 0 amide bonds. The lowest BCUT2D eigenvalue weighted by Crippen LogP contribution is -2.07. The van der Waals surface area contributed by atoms with Crippen LogP contribution >= 0.6 is 0 Å². The van der Waals surface area contributed by atoms with Crippen molar-refractivity contribution in [2.24, 2.45) is 0 Å². The van der Waals surface area contributed by atoms with Crippen LogP contribution in [0.25, 0.3) is 0 Å². The van der Waals surface area contributed by atoms with Gasteiger partial charge < -0.3 is 14.8 Å². The van der Waals surface area contributed by atoms with Gasteiger partial charge in [0.2, 0.25) is 0 Å². The summed E-state index contributed by atoms with van der Waals surface area (Å²) in [6.45, 7) is 4.64. The SMILES string of the molecule is COc1ccc(Cc2cc(NCc3ccncc3C)nc(C)n2)c(OC)c1. The molecule has 0 radical (unpaired) electrons. The van der Waals surface area contributed by atoms with Crippen molar-refractivity contribution in [3.8, 4) is 11.5 Å². The Balaban J connectivity index is 1.78. The third kappa shape index (κ3) is 4.73. The lowest BCUT2D eigenvalue weighted by atomic mass is 10.1. The Labute approximate surface area is 159 Å². The number of rotatable bonds is 7. The van der Waals surface area contributed by atoms with Gasteiger partial charge in [0.05, 0.1) is 19.9 Å². The predicted molar refractivity (Wildman–Crippen MR) is 105 cm³/mol. The van der Waals surface area contributed by atoms with Crippen molar-refractivity contribution in [2.45, 2.75) is 26.8 Å². The van der Waals surface area contributed by atoms with E-state index in [1.807, 2.05) is 43.5 Å². The van der Waals surface area contributed by atoms with Crippen LogP contribution in [0.15, 0.2) is 42.7 Å². The first-order chi connectivity index (χ1) is 13.1. The molecule has 1 N–H and O–H groups in total. The number of aromatic nitrogens is 3. The quantitative estimate of drug-likeness (QED) is 0.689. The zero-order chi connectivity index (χ0) is 19.2. The smallest absolute Gasteiger partial charge is 0.130 e. The van der Waals surface area contributed by atoms with Gasteiger partial charge in [-0.25, -0.2) is 9.97 Å². The van der Waals surface area contributed by atoms with E-state index in [4.69, 9.17) is 9.47 Å². The van der Waals surface area contributed by atoms with E-state index in [-0.39, 0.29) is 0 Å². The molecule has 1 aromatic carbocycles. The lowest BCUT2D eigenvalue weighted by molar-refractivity contribution is 0.391. The van der Waals surface area contributed by atoms with Gasteiger partial charge in [-0.05, 0) is 37.1 Å². The maximum atomic E-state index is 5.49. The average Bonchev–Trinajstić information content (AvgIpc) is 2.67. The molecule has 6 heteroatoms. The summed E-state index contributed by atoms with van der Waals surface area (Å²) in [5.74, 6) is 3.09. The van der Waals surface area contributed by atoms with Crippen LogP contribution in [-0.4, -0.2) is 29.2 Å². The highest BCUT2D eigenvalue weighted by molar-refractivity contribution is 5.44. The summed E-state index contributed by atoms with van der Waals surface area (Å²) in [4.78, 5) is 13.2. The number of benzene rings is 1. The number of hydrogen-bond acceptors (Lipinski definition) is 6. The molecular formula is C21H24N4O2. The molecule has 3 aromatic rings. The molecule has 0 spiro atoms. The van der Waals surface area contributed by atoms with Gasteiger partial charge in [0, 0.05) is 43.1 Å².